The van der Waals surface area contributed by atoms with Gasteiger partial charge in [0, 0.05) is 44.5 Å². The maximum Gasteiger partial charge on any atom is 0.230 e. The molecule has 0 spiro atoms. The number of anilines is 5. The predicted molar refractivity (Wildman–Crippen MR) is 139 cm³/mol. The van der Waals surface area contributed by atoms with E-state index in [9.17, 15) is 4.39 Å². The van der Waals surface area contributed by atoms with Gasteiger partial charge in [-0.2, -0.15) is 10.1 Å². The highest BCUT2D eigenvalue weighted by molar-refractivity contribution is 5.85. The molecule has 0 bridgehead atoms. The lowest BCUT2D eigenvalue weighted by atomic mass is 10.1. The molecule has 1 aliphatic rings. The monoisotopic (exact) mass is 511 g/mol. The molecule has 1 atom stereocenters. The molecular formula is C22H32Cl2FN9. The van der Waals surface area contributed by atoms with Crippen LogP contribution >= 0.6 is 24.8 Å². The zero-order valence-electron chi connectivity index (χ0n) is 20.0. The van der Waals surface area contributed by atoms with Crippen LogP contribution in [0.2, 0.25) is 0 Å². The van der Waals surface area contributed by atoms with E-state index in [1.54, 1.807) is 13.0 Å². The van der Waals surface area contributed by atoms with Crippen LogP contribution in [0.1, 0.15) is 30.8 Å². The highest BCUT2D eigenvalue weighted by Gasteiger charge is 2.21. The number of pyridine rings is 1. The Labute approximate surface area is 211 Å². The third-order valence-corrected chi connectivity index (χ3v) is 5.66. The molecule has 3 N–H and O–H groups in total. The molecule has 0 radical (unpaired) electrons. The van der Waals surface area contributed by atoms with Crippen LogP contribution in [0.5, 0.6) is 0 Å². The van der Waals surface area contributed by atoms with Crippen LogP contribution in [0, 0.1) is 19.7 Å². The lowest BCUT2D eigenvalue weighted by molar-refractivity contribution is 0.484. The Balaban J connectivity index is 0.00000204. The van der Waals surface area contributed by atoms with Crippen molar-refractivity contribution in [3.63, 3.8) is 0 Å². The van der Waals surface area contributed by atoms with Crippen molar-refractivity contribution in [1.82, 2.24) is 30.0 Å². The Hall–Kier alpha value is -2.69. The first-order chi connectivity index (χ1) is 15.3. The van der Waals surface area contributed by atoms with E-state index in [2.05, 4.69) is 42.8 Å². The molecule has 3 aromatic rings. The average Bonchev–Trinajstić information content (AvgIpc) is 3.07. The predicted octanol–water partition coefficient (Wildman–Crippen LogP) is 4.05. The van der Waals surface area contributed by atoms with Gasteiger partial charge >= 0.3 is 0 Å². The average molecular weight is 512 g/mol. The highest BCUT2D eigenvalue weighted by Crippen LogP contribution is 2.29. The van der Waals surface area contributed by atoms with Crippen LogP contribution in [0.3, 0.4) is 0 Å². The summed E-state index contributed by atoms with van der Waals surface area (Å²) in [6.07, 6.45) is 2.39. The van der Waals surface area contributed by atoms with Gasteiger partial charge in [-0.05, 0) is 38.8 Å². The standard InChI is InChI=1S/C22H30FN9.2ClH/c1-6-16-10-18(26-15(4)20(16)23)28-22-25-11-17(32-8-7-24-13(2)12-32)21(29-22)27-19-9-14(3)31(5)30-19;;/h9-11,13,24H,6-8,12H2,1-5H3,(H2,25,26,27,28,29,30);2*1H/t13-;;/m0../s1. The number of nitrogens with zero attached hydrogens (tertiary/aromatic N) is 6. The number of nitrogens with one attached hydrogen (secondary N) is 3. The minimum Gasteiger partial charge on any atom is -0.364 e. The van der Waals surface area contributed by atoms with E-state index in [0.717, 1.165) is 31.0 Å². The normalized spacial score (nSPS) is 15.4. The van der Waals surface area contributed by atoms with Gasteiger partial charge in [0.15, 0.2) is 11.6 Å². The van der Waals surface area contributed by atoms with E-state index in [0.29, 0.717) is 47.1 Å². The molecule has 4 heterocycles. The lowest BCUT2D eigenvalue weighted by Crippen LogP contribution is -2.49. The van der Waals surface area contributed by atoms with Crippen molar-refractivity contribution in [3.8, 4) is 0 Å². The molecule has 1 aliphatic heterocycles. The summed E-state index contributed by atoms with van der Waals surface area (Å²) < 4.78 is 16.0. The number of piperazine rings is 1. The van der Waals surface area contributed by atoms with E-state index >= 15 is 0 Å². The molecule has 3 aromatic heterocycles. The van der Waals surface area contributed by atoms with Crippen LogP contribution < -0.4 is 20.9 Å². The Kier molecular flexibility index (Phi) is 9.43. The maximum absolute atomic E-state index is 14.2. The second-order valence-electron chi connectivity index (χ2n) is 8.19. The van der Waals surface area contributed by atoms with Gasteiger partial charge in [0.25, 0.3) is 0 Å². The first-order valence-corrected chi connectivity index (χ1v) is 10.9. The molecule has 0 saturated carbocycles. The van der Waals surface area contributed by atoms with Crippen molar-refractivity contribution in [2.24, 2.45) is 7.05 Å². The highest BCUT2D eigenvalue weighted by atomic mass is 35.5. The molecule has 0 amide bonds. The molecule has 0 aromatic carbocycles. The van der Waals surface area contributed by atoms with E-state index < -0.39 is 0 Å². The fourth-order valence-electron chi connectivity index (χ4n) is 3.81. The third-order valence-electron chi connectivity index (χ3n) is 5.66. The lowest BCUT2D eigenvalue weighted by Gasteiger charge is -2.34. The summed E-state index contributed by atoms with van der Waals surface area (Å²) >= 11 is 0. The van der Waals surface area contributed by atoms with Gasteiger partial charge in [-0.3, -0.25) is 4.68 Å². The van der Waals surface area contributed by atoms with Gasteiger partial charge in [-0.15, -0.1) is 24.8 Å². The van der Waals surface area contributed by atoms with Gasteiger partial charge in [-0.25, -0.2) is 14.4 Å². The first-order valence-electron chi connectivity index (χ1n) is 10.9. The molecule has 12 heteroatoms. The van der Waals surface area contributed by atoms with Crippen molar-refractivity contribution < 1.29 is 4.39 Å². The fraction of sp³-hybridized carbons (Fsp3) is 0.455. The second-order valence-corrected chi connectivity index (χ2v) is 8.19. The van der Waals surface area contributed by atoms with Crippen LogP contribution in [0.25, 0.3) is 0 Å². The van der Waals surface area contributed by atoms with Crippen LogP contribution in [-0.2, 0) is 13.5 Å². The van der Waals surface area contributed by atoms with Crippen LogP contribution in [0.15, 0.2) is 18.3 Å². The Morgan fingerprint density at radius 3 is 2.56 bits per heavy atom. The minimum absolute atomic E-state index is 0. The van der Waals surface area contributed by atoms with Crippen molar-refractivity contribution in [1.29, 1.82) is 0 Å². The van der Waals surface area contributed by atoms with Crippen molar-refractivity contribution in [3.05, 3.63) is 41.1 Å². The summed E-state index contributed by atoms with van der Waals surface area (Å²) in [5.74, 6) is 2.00. The number of aryl methyl sites for hydroxylation is 4. The zero-order valence-corrected chi connectivity index (χ0v) is 21.6. The van der Waals surface area contributed by atoms with Gasteiger partial charge < -0.3 is 20.9 Å². The third kappa shape index (κ3) is 6.05. The quantitative estimate of drug-likeness (QED) is 0.456. The van der Waals surface area contributed by atoms with E-state index in [4.69, 9.17) is 4.98 Å². The molecule has 1 fully saturated rings. The summed E-state index contributed by atoms with van der Waals surface area (Å²) in [5, 5.41) is 14.4. The van der Waals surface area contributed by atoms with Gasteiger partial charge in [0.2, 0.25) is 5.95 Å². The Bertz CT molecular complexity index is 1100. The molecule has 34 heavy (non-hydrogen) atoms. The molecule has 0 aliphatic carbocycles. The largest absolute Gasteiger partial charge is 0.364 e. The topological polar surface area (TPSA) is 95.8 Å². The van der Waals surface area contributed by atoms with E-state index in [1.165, 1.54) is 0 Å². The van der Waals surface area contributed by atoms with Gasteiger partial charge in [0.1, 0.15) is 11.6 Å². The maximum atomic E-state index is 14.2. The Morgan fingerprint density at radius 2 is 1.91 bits per heavy atom. The van der Waals surface area contributed by atoms with Gasteiger partial charge in [0.05, 0.1) is 17.6 Å². The zero-order chi connectivity index (χ0) is 22.8. The minimum atomic E-state index is -0.268. The molecular weight excluding hydrogens is 480 g/mol. The first kappa shape index (κ1) is 27.6. The van der Waals surface area contributed by atoms with Gasteiger partial charge in [-0.1, -0.05) is 6.92 Å². The number of halogens is 3. The SMILES string of the molecule is CCc1cc(Nc2ncc(N3CCN[C@@H](C)C3)c(Nc3cc(C)n(C)n3)n2)nc(C)c1F.Cl.Cl. The summed E-state index contributed by atoms with van der Waals surface area (Å²) in [4.78, 5) is 15.8. The van der Waals surface area contributed by atoms with E-state index in [-0.39, 0.29) is 30.6 Å². The molecule has 1 saturated heterocycles. The number of rotatable bonds is 6. The number of hydrogen-bond acceptors (Lipinski definition) is 8. The summed E-state index contributed by atoms with van der Waals surface area (Å²) in [7, 11) is 1.90. The Morgan fingerprint density at radius 1 is 1.15 bits per heavy atom. The number of hydrogen-bond donors (Lipinski definition) is 3. The van der Waals surface area contributed by atoms with E-state index in [1.807, 2.05) is 37.8 Å². The molecule has 9 nitrogen and oxygen atoms in total. The summed E-state index contributed by atoms with van der Waals surface area (Å²) in [6, 6.07) is 4.04. The summed E-state index contributed by atoms with van der Waals surface area (Å²) in [6.45, 7) is 10.3. The fourth-order valence-corrected chi connectivity index (χ4v) is 3.81. The molecule has 0 unspecified atom stereocenters. The number of aromatic nitrogens is 5. The van der Waals surface area contributed by atoms with Crippen LogP contribution in [-0.4, -0.2) is 50.4 Å². The molecule has 4 rings (SSSR count). The van der Waals surface area contributed by atoms with Crippen molar-refractivity contribution in [2.45, 2.75) is 40.2 Å². The van der Waals surface area contributed by atoms with Crippen molar-refractivity contribution >= 4 is 53.9 Å². The molecule has 186 valence electrons. The second kappa shape index (κ2) is 11.6. The smallest absolute Gasteiger partial charge is 0.230 e. The van der Waals surface area contributed by atoms with Crippen LogP contribution in [0.4, 0.5) is 33.5 Å². The summed E-state index contributed by atoms with van der Waals surface area (Å²) in [5.41, 5.74) is 2.90. The van der Waals surface area contributed by atoms with Crippen molar-refractivity contribution in [2.75, 3.05) is 35.2 Å².